The van der Waals surface area contributed by atoms with Crippen molar-refractivity contribution in [3.63, 3.8) is 0 Å². The first-order chi connectivity index (χ1) is 10.3. The second kappa shape index (κ2) is 6.52. The Morgan fingerprint density at radius 2 is 2.09 bits per heavy atom. The highest BCUT2D eigenvalue weighted by molar-refractivity contribution is 7.90. The summed E-state index contributed by atoms with van der Waals surface area (Å²) in [5.74, 6) is -0.311. The summed E-state index contributed by atoms with van der Waals surface area (Å²) in [6.45, 7) is 1.91. The van der Waals surface area contributed by atoms with E-state index >= 15 is 0 Å². The molecule has 5 nitrogen and oxygen atoms in total. The van der Waals surface area contributed by atoms with Crippen molar-refractivity contribution in [1.29, 1.82) is 0 Å². The summed E-state index contributed by atoms with van der Waals surface area (Å²) in [4.78, 5) is 13.9. The standard InChI is InChI=1S/C16H22N2O3S/c1-12-8-9-14(11-15(12)18(2)3)22(20,21)17-16(19)10-13-6-4-5-7-13/h4,6,8-9,11,13H,5,7,10H2,1-3H3,(H,17,19)/t13-/m0/s1. The zero-order chi connectivity index (χ0) is 16.3. The van der Waals surface area contributed by atoms with E-state index in [1.54, 1.807) is 12.1 Å². The Hall–Kier alpha value is -1.82. The summed E-state index contributed by atoms with van der Waals surface area (Å²) in [5, 5.41) is 0. The number of rotatable bonds is 5. The van der Waals surface area contributed by atoms with Gasteiger partial charge in [0.1, 0.15) is 0 Å². The molecule has 2 rings (SSSR count). The number of nitrogens with one attached hydrogen (secondary N) is 1. The van der Waals surface area contributed by atoms with Crippen molar-refractivity contribution >= 4 is 21.6 Å². The highest BCUT2D eigenvalue weighted by Gasteiger charge is 2.21. The normalized spacial score (nSPS) is 17.5. The number of allylic oxidation sites excluding steroid dienone is 2. The van der Waals surface area contributed by atoms with E-state index in [9.17, 15) is 13.2 Å². The quantitative estimate of drug-likeness (QED) is 0.844. The third kappa shape index (κ3) is 3.88. The molecular weight excluding hydrogens is 300 g/mol. The first-order valence-corrected chi connectivity index (χ1v) is 8.78. The molecule has 0 saturated heterocycles. The Bertz CT molecular complexity index is 693. The van der Waals surface area contributed by atoms with Crippen molar-refractivity contribution in [1.82, 2.24) is 4.72 Å². The van der Waals surface area contributed by atoms with Crippen molar-refractivity contribution < 1.29 is 13.2 Å². The second-order valence-corrected chi connectivity index (χ2v) is 7.52. The maximum absolute atomic E-state index is 12.3. The average Bonchev–Trinajstić information content (AvgIpc) is 2.90. The van der Waals surface area contributed by atoms with Crippen LogP contribution in [0.15, 0.2) is 35.2 Å². The molecule has 1 N–H and O–H groups in total. The van der Waals surface area contributed by atoms with Crippen LogP contribution in [0.2, 0.25) is 0 Å². The molecule has 120 valence electrons. The van der Waals surface area contributed by atoms with Gasteiger partial charge in [0.2, 0.25) is 5.91 Å². The van der Waals surface area contributed by atoms with Crippen molar-refractivity contribution in [2.45, 2.75) is 31.1 Å². The Labute approximate surface area is 132 Å². The molecule has 0 bridgehead atoms. The van der Waals surface area contributed by atoms with Gasteiger partial charge in [0.05, 0.1) is 4.90 Å². The van der Waals surface area contributed by atoms with E-state index < -0.39 is 15.9 Å². The van der Waals surface area contributed by atoms with Crippen LogP contribution in [0.1, 0.15) is 24.8 Å². The van der Waals surface area contributed by atoms with Crippen molar-refractivity contribution in [3.8, 4) is 0 Å². The van der Waals surface area contributed by atoms with Gasteiger partial charge in [-0.25, -0.2) is 13.1 Å². The van der Waals surface area contributed by atoms with Crippen LogP contribution in [0, 0.1) is 12.8 Å². The van der Waals surface area contributed by atoms with Gasteiger partial charge in [-0.3, -0.25) is 4.79 Å². The fourth-order valence-corrected chi connectivity index (χ4v) is 3.61. The van der Waals surface area contributed by atoms with E-state index in [4.69, 9.17) is 0 Å². The smallest absolute Gasteiger partial charge is 0.264 e. The third-order valence-corrected chi connectivity index (χ3v) is 5.15. The van der Waals surface area contributed by atoms with Crippen LogP contribution in [0.3, 0.4) is 0 Å². The fraction of sp³-hybridized carbons (Fsp3) is 0.438. The number of hydrogen-bond donors (Lipinski definition) is 1. The highest BCUT2D eigenvalue weighted by atomic mass is 32.2. The van der Waals surface area contributed by atoms with Gasteiger partial charge in [0.25, 0.3) is 10.0 Å². The maximum Gasteiger partial charge on any atom is 0.264 e. The molecule has 0 saturated carbocycles. The number of hydrogen-bond acceptors (Lipinski definition) is 4. The summed E-state index contributed by atoms with van der Waals surface area (Å²) < 4.78 is 26.8. The number of carbonyl (C=O) groups excluding carboxylic acids is 1. The molecule has 0 radical (unpaired) electrons. The summed E-state index contributed by atoms with van der Waals surface area (Å²) in [7, 11) is -0.122. The Morgan fingerprint density at radius 1 is 1.36 bits per heavy atom. The molecule has 1 aliphatic rings. The number of amides is 1. The molecule has 1 aromatic rings. The maximum atomic E-state index is 12.3. The summed E-state index contributed by atoms with van der Waals surface area (Å²) in [5.41, 5.74) is 1.79. The Balaban J connectivity index is 2.14. The molecule has 6 heteroatoms. The SMILES string of the molecule is Cc1ccc(S(=O)(=O)NC(=O)C[C@H]2C=CCC2)cc1N(C)C. The lowest BCUT2D eigenvalue weighted by Crippen LogP contribution is -2.31. The minimum Gasteiger partial charge on any atom is -0.377 e. The van der Waals surface area contributed by atoms with Gasteiger partial charge in [0, 0.05) is 26.2 Å². The molecule has 0 aromatic heterocycles. The van der Waals surface area contributed by atoms with E-state index in [0.29, 0.717) is 0 Å². The topological polar surface area (TPSA) is 66.5 Å². The van der Waals surface area contributed by atoms with E-state index in [2.05, 4.69) is 4.72 Å². The molecule has 1 amide bonds. The van der Waals surface area contributed by atoms with Gasteiger partial charge in [-0.05, 0) is 43.4 Å². The van der Waals surface area contributed by atoms with Gasteiger partial charge < -0.3 is 4.90 Å². The molecule has 0 spiro atoms. The zero-order valence-electron chi connectivity index (χ0n) is 13.2. The number of nitrogens with zero attached hydrogens (tertiary/aromatic N) is 1. The highest BCUT2D eigenvalue weighted by Crippen LogP contribution is 2.23. The minimum absolute atomic E-state index is 0.108. The van der Waals surface area contributed by atoms with Crippen molar-refractivity contribution in [2.24, 2.45) is 5.92 Å². The number of aryl methyl sites for hydroxylation is 1. The first kappa shape index (κ1) is 16.5. The van der Waals surface area contributed by atoms with Crippen LogP contribution in [0.5, 0.6) is 0 Å². The molecule has 0 fully saturated rings. The Morgan fingerprint density at radius 3 is 2.68 bits per heavy atom. The van der Waals surface area contributed by atoms with Crippen LogP contribution in [-0.2, 0) is 14.8 Å². The molecule has 22 heavy (non-hydrogen) atoms. The summed E-state index contributed by atoms with van der Waals surface area (Å²) in [6, 6.07) is 4.85. The summed E-state index contributed by atoms with van der Waals surface area (Å²) >= 11 is 0. The second-order valence-electron chi connectivity index (χ2n) is 5.84. The summed E-state index contributed by atoms with van der Waals surface area (Å²) in [6.07, 6.45) is 6.07. The number of anilines is 1. The number of benzene rings is 1. The number of carbonyl (C=O) groups is 1. The van der Waals surface area contributed by atoms with Gasteiger partial charge in [-0.2, -0.15) is 0 Å². The van der Waals surface area contributed by atoms with Gasteiger partial charge in [0.15, 0.2) is 0 Å². The minimum atomic E-state index is -3.82. The van der Waals surface area contributed by atoms with Gasteiger partial charge in [-0.15, -0.1) is 0 Å². The number of sulfonamides is 1. The molecule has 1 atom stereocenters. The molecule has 1 aliphatic carbocycles. The molecule has 0 heterocycles. The zero-order valence-corrected chi connectivity index (χ0v) is 14.0. The van der Waals surface area contributed by atoms with E-state index in [1.165, 1.54) is 6.07 Å². The molecule has 0 aliphatic heterocycles. The van der Waals surface area contributed by atoms with E-state index in [-0.39, 0.29) is 17.2 Å². The predicted octanol–water partition coefficient (Wildman–Crippen LogP) is 2.22. The fourth-order valence-electron chi connectivity index (χ4n) is 2.59. The van der Waals surface area contributed by atoms with Gasteiger partial charge >= 0.3 is 0 Å². The van der Waals surface area contributed by atoms with Crippen LogP contribution >= 0.6 is 0 Å². The monoisotopic (exact) mass is 322 g/mol. The Kier molecular flexibility index (Phi) is 4.90. The van der Waals surface area contributed by atoms with E-state index in [1.807, 2.05) is 38.1 Å². The van der Waals surface area contributed by atoms with Crippen LogP contribution < -0.4 is 9.62 Å². The lowest BCUT2D eigenvalue weighted by atomic mass is 10.1. The van der Waals surface area contributed by atoms with Gasteiger partial charge in [-0.1, -0.05) is 18.2 Å². The lowest BCUT2D eigenvalue weighted by Gasteiger charge is -2.17. The predicted molar refractivity (Wildman–Crippen MR) is 87.3 cm³/mol. The van der Waals surface area contributed by atoms with Crippen molar-refractivity contribution in [3.05, 3.63) is 35.9 Å². The largest absolute Gasteiger partial charge is 0.377 e. The van der Waals surface area contributed by atoms with Crippen LogP contribution in [0.25, 0.3) is 0 Å². The first-order valence-electron chi connectivity index (χ1n) is 7.30. The van der Waals surface area contributed by atoms with Crippen LogP contribution in [0.4, 0.5) is 5.69 Å². The average molecular weight is 322 g/mol. The van der Waals surface area contributed by atoms with E-state index in [0.717, 1.165) is 24.1 Å². The lowest BCUT2D eigenvalue weighted by molar-refractivity contribution is -0.119. The van der Waals surface area contributed by atoms with Crippen molar-refractivity contribution in [2.75, 3.05) is 19.0 Å². The van der Waals surface area contributed by atoms with Crippen LogP contribution in [-0.4, -0.2) is 28.4 Å². The third-order valence-electron chi connectivity index (χ3n) is 3.78. The molecule has 1 aromatic carbocycles. The molecule has 0 unspecified atom stereocenters. The molecular formula is C16H22N2O3S.